The molecule has 0 N–H and O–H groups in total. The van der Waals surface area contributed by atoms with Crippen LogP contribution in [0.25, 0.3) is 10.2 Å². The van der Waals surface area contributed by atoms with Gasteiger partial charge in [0.1, 0.15) is 0 Å². The van der Waals surface area contributed by atoms with Crippen molar-refractivity contribution in [1.29, 1.82) is 5.26 Å². The molecule has 17 heavy (non-hydrogen) atoms. The quantitative estimate of drug-likeness (QED) is 0.669. The van der Waals surface area contributed by atoms with Gasteiger partial charge in [-0.05, 0) is 24.6 Å². The number of nitrogens with zero attached hydrogens (tertiary/aromatic N) is 3. The van der Waals surface area contributed by atoms with E-state index in [0.717, 1.165) is 10.3 Å². The molecule has 1 aromatic heterocycles. The summed E-state index contributed by atoms with van der Waals surface area (Å²) in [6.07, 6.45) is 1.14. The van der Waals surface area contributed by atoms with E-state index in [4.69, 9.17) is 5.26 Å². The van der Waals surface area contributed by atoms with Crippen molar-refractivity contribution in [3.05, 3.63) is 28.6 Å². The third kappa shape index (κ3) is 1.92. The molecule has 1 heterocycles. The maximum Gasteiger partial charge on any atom is 0.420 e. The number of fused-ring (bicyclic) bond motifs is 1. The van der Waals surface area contributed by atoms with Crippen LogP contribution in [0.5, 0.6) is 0 Å². The van der Waals surface area contributed by atoms with Crippen molar-refractivity contribution >= 4 is 27.6 Å². The molecule has 0 radical (unpaired) electrons. The number of hydrogen-bond acceptors (Lipinski definition) is 5. The highest BCUT2D eigenvalue weighted by atomic mass is 32.1. The minimum atomic E-state index is -0.547. The second-order valence-corrected chi connectivity index (χ2v) is 4.38. The monoisotopic (exact) mass is 247 g/mol. The highest BCUT2D eigenvalue weighted by Gasteiger charge is 2.13. The van der Waals surface area contributed by atoms with Crippen LogP contribution in [-0.2, 0) is 4.74 Å². The summed E-state index contributed by atoms with van der Waals surface area (Å²) in [5.41, 5.74) is 1.78. The summed E-state index contributed by atoms with van der Waals surface area (Å²) in [6.45, 7) is 1.96. The Labute approximate surface area is 101 Å². The third-order valence-electron chi connectivity index (χ3n) is 2.25. The number of thiazole rings is 1. The fourth-order valence-electron chi connectivity index (χ4n) is 1.52. The number of hydrogen-bond donors (Lipinski definition) is 0. The van der Waals surface area contributed by atoms with E-state index >= 15 is 0 Å². The van der Waals surface area contributed by atoms with Gasteiger partial charge >= 0.3 is 6.09 Å². The van der Waals surface area contributed by atoms with Crippen molar-refractivity contribution < 1.29 is 9.53 Å². The lowest BCUT2D eigenvalue weighted by atomic mass is 10.2. The van der Waals surface area contributed by atoms with Gasteiger partial charge in [0.25, 0.3) is 0 Å². The largest absolute Gasteiger partial charge is 0.452 e. The second kappa shape index (κ2) is 4.39. The zero-order chi connectivity index (χ0) is 12.4. The molecule has 0 spiro atoms. The van der Waals surface area contributed by atoms with Gasteiger partial charge in [0.05, 0.1) is 17.3 Å². The Morgan fingerprint density at radius 3 is 3.00 bits per heavy atom. The van der Waals surface area contributed by atoms with Crippen LogP contribution in [-0.4, -0.2) is 17.8 Å². The molecule has 86 valence electrons. The molecule has 0 bridgehead atoms. The number of ether oxygens (including phenoxy) is 1. The maximum absolute atomic E-state index is 11.6. The van der Waals surface area contributed by atoms with Gasteiger partial charge in [-0.1, -0.05) is 17.4 Å². The Morgan fingerprint density at radius 2 is 2.35 bits per heavy atom. The molecule has 0 saturated carbocycles. The van der Waals surface area contributed by atoms with Crippen LogP contribution in [0.15, 0.2) is 23.2 Å². The van der Waals surface area contributed by atoms with Gasteiger partial charge in [-0.15, -0.1) is 4.99 Å². The SMILES string of the molecule is COC(=O)n1c(=NC#N)sc2cc(C)ccc21. The van der Waals surface area contributed by atoms with E-state index < -0.39 is 6.09 Å². The fraction of sp³-hybridized carbons (Fsp3) is 0.182. The van der Waals surface area contributed by atoms with Crippen molar-refractivity contribution in [1.82, 2.24) is 4.57 Å². The molecule has 0 aliphatic rings. The number of nitriles is 1. The van der Waals surface area contributed by atoms with Crippen LogP contribution in [0, 0.1) is 18.4 Å². The molecule has 0 saturated heterocycles. The Morgan fingerprint density at radius 1 is 1.59 bits per heavy atom. The molecule has 0 amide bonds. The predicted octanol–water partition coefficient (Wildman–Crippen LogP) is 2.01. The van der Waals surface area contributed by atoms with E-state index in [1.54, 1.807) is 6.19 Å². The lowest BCUT2D eigenvalue weighted by Gasteiger charge is -2.00. The van der Waals surface area contributed by atoms with Crippen LogP contribution >= 0.6 is 11.3 Å². The molecule has 0 atom stereocenters. The van der Waals surface area contributed by atoms with Crippen molar-refractivity contribution in [3.8, 4) is 6.19 Å². The van der Waals surface area contributed by atoms with E-state index in [9.17, 15) is 4.79 Å². The van der Waals surface area contributed by atoms with Crippen LogP contribution in [0.4, 0.5) is 4.79 Å². The average molecular weight is 247 g/mol. The fourth-order valence-corrected chi connectivity index (χ4v) is 2.57. The van der Waals surface area contributed by atoms with Gasteiger partial charge in [-0.2, -0.15) is 5.26 Å². The summed E-state index contributed by atoms with van der Waals surface area (Å²) in [7, 11) is 1.29. The minimum absolute atomic E-state index is 0.319. The van der Waals surface area contributed by atoms with Crippen molar-refractivity contribution in [2.45, 2.75) is 6.92 Å². The predicted molar refractivity (Wildman–Crippen MR) is 63.5 cm³/mol. The molecule has 1 aromatic carbocycles. The molecule has 0 fully saturated rings. The summed E-state index contributed by atoms with van der Waals surface area (Å²) in [5.74, 6) is 0. The molecule has 0 aliphatic carbocycles. The van der Waals surface area contributed by atoms with Crippen LogP contribution in [0.2, 0.25) is 0 Å². The molecule has 6 heteroatoms. The zero-order valence-corrected chi connectivity index (χ0v) is 10.1. The van der Waals surface area contributed by atoms with Crippen molar-refractivity contribution in [2.24, 2.45) is 4.99 Å². The lowest BCUT2D eigenvalue weighted by molar-refractivity contribution is 0.173. The normalized spacial score (nSPS) is 11.5. The van der Waals surface area contributed by atoms with Crippen LogP contribution < -0.4 is 4.80 Å². The first-order valence-electron chi connectivity index (χ1n) is 4.80. The van der Waals surface area contributed by atoms with Gasteiger partial charge in [-0.3, -0.25) is 0 Å². The summed E-state index contributed by atoms with van der Waals surface area (Å²) >= 11 is 1.28. The second-order valence-electron chi connectivity index (χ2n) is 3.37. The summed E-state index contributed by atoms with van der Waals surface area (Å²) in [6, 6.07) is 5.65. The number of aryl methyl sites for hydroxylation is 1. The van der Waals surface area contributed by atoms with Gasteiger partial charge in [0.2, 0.25) is 11.0 Å². The van der Waals surface area contributed by atoms with Gasteiger partial charge in [0.15, 0.2) is 0 Å². The van der Waals surface area contributed by atoms with Crippen LogP contribution in [0.3, 0.4) is 0 Å². The Bertz CT molecular complexity index is 691. The Balaban J connectivity index is 2.87. The van der Waals surface area contributed by atoms with Gasteiger partial charge in [0, 0.05) is 0 Å². The number of carbonyl (C=O) groups excluding carboxylic acids is 1. The molecule has 2 aromatic rings. The zero-order valence-electron chi connectivity index (χ0n) is 9.30. The van der Waals surface area contributed by atoms with Crippen molar-refractivity contribution in [2.75, 3.05) is 7.11 Å². The van der Waals surface area contributed by atoms with Crippen molar-refractivity contribution in [3.63, 3.8) is 0 Å². The highest BCUT2D eigenvalue weighted by molar-refractivity contribution is 7.16. The van der Waals surface area contributed by atoms with Gasteiger partial charge < -0.3 is 4.74 Å². The molecule has 0 unspecified atom stereocenters. The highest BCUT2D eigenvalue weighted by Crippen LogP contribution is 2.18. The minimum Gasteiger partial charge on any atom is -0.452 e. The van der Waals surface area contributed by atoms with E-state index in [1.807, 2.05) is 25.1 Å². The maximum atomic E-state index is 11.6. The molecule has 0 aliphatic heterocycles. The number of benzene rings is 1. The van der Waals surface area contributed by atoms with E-state index in [2.05, 4.69) is 9.73 Å². The molecule has 5 nitrogen and oxygen atoms in total. The average Bonchev–Trinajstić information content (AvgIpc) is 2.65. The lowest BCUT2D eigenvalue weighted by Crippen LogP contribution is -2.22. The summed E-state index contributed by atoms with van der Waals surface area (Å²) in [5, 5.41) is 8.60. The first-order chi connectivity index (χ1) is 8.17. The van der Waals surface area contributed by atoms with Crippen LogP contribution in [0.1, 0.15) is 5.56 Å². The van der Waals surface area contributed by atoms with E-state index in [1.165, 1.54) is 23.0 Å². The number of carbonyl (C=O) groups is 1. The summed E-state index contributed by atoms with van der Waals surface area (Å²) < 4.78 is 6.87. The first-order valence-corrected chi connectivity index (χ1v) is 5.62. The smallest absolute Gasteiger partial charge is 0.420 e. The van der Waals surface area contributed by atoms with Gasteiger partial charge in [-0.25, -0.2) is 9.36 Å². The number of aromatic nitrogens is 1. The number of rotatable bonds is 0. The molecular weight excluding hydrogens is 238 g/mol. The Kier molecular flexibility index (Phi) is 2.93. The summed E-state index contributed by atoms with van der Waals surface area (Å²) in [4.78, 5) is 15.6. The Hall–Kier alpha value is -2.13. The van der Waals surface area contributed by atoms with E-state index in [0.29, 0.717) is 10.3 Å². The molecule has 2 rings (SSSR count). The topological polar surface area (TPSA) is 67.4 Å². The standard InChI is InChI=1S/C11H9N3O2S/c1-7-3-4-8-9(5-7)17-10(13-6-12)14(8)11(15)16-2/h3-5H,1-2H3. The first kappa shape index (κ1) is 11.4. The third-order valence-corrected chi connectivity index (χ3v) is 3.25. The number of methoxy groups -OCH3 is 1. The molecular formula is C11H9N3O2S. The van der Waals surface area contributed by atoms with E-state index in [-0.39, 0.29) is 0 Å².